The number of piperidine rings is 1. The quantitative estimate of drug-likeness (QED) is 0.805. The highest BCUT2D eigenvalue weighted by atomic mass is 16.3. The van der Waals surface area contributed by atoms with E-state index in [-0.39, 0.29) is 18.0 Å². The highest BCUT2D eigenvalue weighted by Gasteiger charge is 2.23. The fourth-order valence-corrected chi connectivity index (χ4v) is 3.84. The first-order valence-corrected chi connectivity index (χ1v) is 8.67. The Hall–Kier alpha value is -2.49. The van der Waals surface area contributed by atoms with Crippen LogP contribution in [0.1, 0.15) is 54.5 Å². The van der Waals surface area contributed by atoms with Crippen LogP contribution in [0.5, 0.6) is 5.75 Å². The molecule has 1 aliphatic heterocycles. The normalized spacial score (nSPS) is 22.8. The van der Waals surface area contributed by atoms with E-state index in [0.29, 0.717) is 12.2 Å². The fourth-order valence-electron chi connectivity index (χ4n) is 3.84. The van der Waals surface area contributed by atoms with Crippen LogP contribution in [0.2, 0.25) is 0 Å². The second kappa shape index (κ2) is 6.19. The molecular weight excluding hydrogens is 300 g/mol. The molecule has 2 unspecified atom stereocenters. The summed E-state index contributed by atoms with van der Waals surface area (Å²) in [5.74, 6) is 0.464. The molecule has 4 nitrogen and oxygen atoms in total. The molecule has 2 aromatic carbocycles. The van der Waals surface area contributed by atoms with Crippen molar-refractivity contribution in [2.45, 2.75) is 44.2 Å². The first-order valence-electron chi connectivity index (χ1n) is 8.67. The molecule has 0 radical (unpaired) electrons. The van der Waals surface area contributed by atoms with Crippen LogP contribution in [0.3, 0.4) is 0 Å². The number of amides is 1. The Kier molecular flexibility index (Phi) is 3.89. The third-order valence-corrected chi connectivity index (χ3v) is 5.07. The highest BCUT2D eigenvalue weighted by molar-refractivity contribution is 5.77. The standard InChI is InChI=1S/C20H22N2O2/c23-16-9-7-13-8-10-19(17(13)12-16)21-15-4-1-3-14(11-15)18-5-2-6-20(24)22-18/h1,3-4,7,9,11-12,18-19,21,23H,2,5-6,8,10H2,(H,22,24). The van der Waals surface area contributed by atoms with Crippen molar-refractivity contribution in [1.82, 2.24) is 5.32 Å². The van der Waals surface area contributed by atoms with Gasteiger partial charge < -0.3 is 15.7 Å². The van der Waals surface area contributed by atoms with Gasteiger partial charge in [-0.3, -0.25) is 4.79 Å². The predicted octanol–water partition coefficient (Wildman–Crippen LogP) is 3.83. The van der Waals surface area contributed by atoms with Crippen LogP contribution in [-0.2, 0) is 11.2 Å². The summed E-state index contributed by atoms with van der Waals surface area (Å²) in [7, 11) is 0. The van der Waals surface area contributed by atoms with Gasteiger partial charge in [-0.05, 0) is 66.6 Å². The molecule has 1 aliphatic carbocycles. The summed E-state index contributed by atoms with van der Waals surface area (Å²) >= 11 is 0. The number of aryl methyl sites for hydroxylation is 1. The Labute approximate surface area is 141 Å². The van der Waals surface area contributed by atoms with E-state index in [0.717, 1.165) is 36.9 Å². The summed E-state index contributed by atoms with van der Waals surface area (Å²) in [5, 5.41) is 16.4. The van der Waals surface area contributed by atoms with Crippen LogP contribution in [0.25, 0.3) is 0 Å². The van der Waals surface area contributed by atoms with Crippen molar-refractivity contribution >= 4 is 11.6 Å². The van der Waals surface area contributed by atoms with Gasteiger partial charge in [-0.1, -0.05) is 18.2 Å². The van der Waals surface area contributed by atoms with Crippen molar-refractivity contribution in [2.24, 2.45) is 0 Å². The molecule has 2 aromatic rings. The minimum Gasteiger partial charge on any atom is -0.508 e. The number of nitrogens with one attached hydrogen (secondary N) is 2. The maximum Gasteiger partial charge on any atom is 0.220 e. The smallest absolute Gasteiger partial charge is 0.220 e. The molecule has 1 saturated heterocycles. The van der Waals surface area contributed by atoms with Gasteiger partial charge in [-0.25, -0.2) is 0 Å². The summed E-state index contributed by atoms with van der Waals surface area (Å²) in [6, 6.07) is 14.3. The number of aromatic hydroxyl groups is 1. The Morgan fingerprint density at radius 2 is 2.00 bits per heavy atom. The number of benzene rings is 2. The van der Waals surface area contributed by atoms with Gasteiger partial charge >= 0.3 is 0 Å². The van der Waals surface area contributed by atoms with E-state index in [4.69, 9.17) is 0 Å². The lowest BCUT2D eigenvalue weighted by molar-refractivity contribution is -0.123. The molecule has 0 saturated carbocycles. The van der Waals surface area contributed by atoms with Crippen molar-refractivity contribution in [2.75, 3.05) is 5.32 Å². The van der Waals surface area contributed by atoms with Gasteiger partial charge in [0.05, 0.1) is 12.1 Å². The van der Waals surface area contributed by atoms with Crippen LogP contribution in [0.15, 0.2) is 42.5 Å². The number of phenols is 1. The second-order valence-corrected chi connectivity index (χ2v) is 6.76. The van der Waals surface area contributed by atoms with Crippen LogP contribution in [0.4, 0.5) is 5.69 Å². The lowest BCUT2D eigenvalue weighted by atomic mass is 9.96. The molecule has 0 bridgehead atoms. The lowest BCUT2D eigenvalue weighted by Gasteiger charge is -2.24. The van der Waals surface area contributed by atoms with Crippen molar-refractivity contribution in [3.05, 3.63) is 59.2 Å². The largest absolute Gasteiger partial charge is 0.508 e. The maximum absolute atomic E-state index is 11.6. The molecule has 24 heavy (non-hydrogen) atoms. The Balaban J connectivity index is 1.53. The molecule has 124 valence electrons. The number of carbonyl (C=O) groups excluding carboxylic acids is 1. The van der Waals surface area contributed by atoms with E-state index >= 15 is 0 Å². The molecule has 1 heterocycles. The molecule has 1 amide bonds. The molecule has 2 atom stereocenters. The van der Waals surface area contributed by atoms with Gasteiger partial charge in [0.15, 0.2) is 0 Å². The molecule has 4 rings (SSSR count). The van der Waals surface area contributed by atoms with Crippen molar-refractivity contribution < 1.29 is 9.90 Å². The first kappa shape index (κ1) is 15.1. The van der Waals surface area contributed by atoms with Gasteiger partial charge in [0.1, 0.15) is 5.75 Å². The third-order valence-electron chi connectivity index (χ3n) is 5.07. The van der Waals surface area contributed by atoms with Gasteiger partial charge in [-0.15, -0.1) is 0 Å². The van der Waals surface area contributed by atoms with Crippen LogP contribution >= 0.6 is 0 Å². The Morgan fingerprint density at radius 1 is 1.08 bits per heavy atom. The zero-order valence-electron chi connectivity index (χ0n) is 13.6. The number of rotatable bonds is 3. The van der Waals surface area contributed by atoms with Crippen molar-refractivity contribution in [1.29, 1.82) is 0 Å². The highest BCUT2D eigenvalue weighted by Crippen LogP contribution is 2.36. The van der Waals surface area contributed by atoms with Gasteiger partial charge in [-0.2, -0.15) is 0 Å². The molecule has 3 N–H and O–H groups in total. The number of anilines is 1. The summed E-state index contributed by atoms with van der Waals surface area (Å²) in [6.07, 6.45) is 4.64. The molecule has 4 heteroatoms. The zero-order valence-corrected chi connectivity index (χ0v) is 13.6. The second-order valence-electron chi connectivity index (χ2n) is 6.76. The third kappa shape index (κ3) is 2.96. The number of phenolic OH excluding ortho intramolecular Hbond substituents is 1. The zero-order chi connectivity index (χ0) is 16.5. The SMILES string of the molecule is O=C1CCCC(c2cccc(NC3CCc4ccc(O)cc43)c2)N1. The van der Waals surface area contributed by atoms with Crippen LogP contribution in [0, 0.1) is 0 Å². The first-order chi connectivity index (χ1) is 11.7. The van der Waals surface area contributed by atoms with E-state index in [2.05, 4.69) is 28.8 Å². The van der Waals surface area contributed by atoms with E-state index < -0.39 is 0 Å². The minimum atomic E-state index is 0.118. The maximum atomic E-state index is 11.6. The van der Waals surface area contributed by atoms with E-state index in [1.807, 2.05) is 18.2 Å². The molecular formula is C20H22N2O2. The molecule has 1 fully saturated rings. The fraction of sp³-hybridized carbons (Fsp3) is 0.350. The molecule has 0 aromatic heterocycles. The van der Waals surface area contributed by atoms with Gasteiger partial charge in [0.25, 0.3) is 0 Å². The van der Waals surface area contributed by atoms with Crippen LogP contribution in [-0.4, -0.2) is 11.0 Å². The topological polar surface area (TPSA) is 61.4 Å². The summed E-state index contributed by atoms with van der Waals surface area (Å²) in [4.78, 5) is 11.6. The average molecular weight is 322 g/mol. The number of fused-ring (bicyclic) bond motifs is 1. The summed E-state index contributed by atoms with van der Waals surface area (Å²) < 4.78 is 0. The Bertz CT molecular complexity index is 772. The van der Waals surface area contributed by atoms with Gasteiger partial charge in [0.2, 0.25) is 5.91 Å². The number of carbonyl (C=O) groups is 1. The summed E-state index contributed by atoms with van der Waals surface area (Å²) in [6.45, 7) is 0. The van der Waals surface area contributed by atoms with Gasteiger partial charge in [0, 0.05) is 12.1 Å². The van der Waals surface area contributed by atoms with Crippen LogP contribution < -0.4 is 10.6 Å². The summed E-state index contributed by atoms with van der Waals surface area (Å²) in [5.41, 5.74) is 4.71. The lowest BCUT2D eigenvalue weighted by Crippen LogP contribution is -2.32. The molecule has 0 spiro atoms. The number of hydrogen-bond acceptors (Lipinski definition) is 3. The molecule has 2 aliphatic rings. The average Bonchev–Trinajstić information content (AvgIpc) is 2.97. The van der Waals surface area contributed by atoms with E-state index in [9.17, 15) is 9.90 Å². The minimum absolute atomic E-state index is 0.118. The van der Waals surface area contributed by atoms with E-state index in [1.54, 1.807) is 6.07 Å². The Morgan fingerprint density at radius 3 is 2.88 bits per heavy atom. The number of hydrogen-bond donors (Lipinski definition) is 3. The predicted molar refractivity (Wildman–Crippen MR) is 94.0 cm³/mol. The monoisotopic (exact) mass is 322 g/mol. The van der Waals surface area contributed by atoms with E-state index in [1.165, 1.54) is 11.1 Å². The van der Waals surface area contributed by atoms with Crippen molar-refractivity contribution in [3.8, 4) is 5.75 Å². The van der Waals surface area contributed by atoms with Crippen molar-refractivity contribution in [3.63, 3.8) is 0 Å².